The SMILES string of the molecule is CCSc1nn(CC(=O)Nc2ccc(F)cc2F)c(N)c1S(=O)(=O)c1ccc(C)cc1. The summed E-state index contributed by atoms with van der Waals surface area (Å²) in [6.45, 7) is 3.21. The van der Waals surface area contributed by atoms with Gasteiger partial charge in [0.05, 0.1) is 10.6 Å². The molecule has 1 amide bonds. The summed E-state index contributed by atoms with van der Waals surface area (Å²) in [6.07, 6.45) is 0. The molecule has 0 aliphatic rings. The Morgan fingerprint density at radius 1 is 1.19 bits per heavy atom. The molecule has 11 heteroatoms. The molecule has 0 spiro atoms. The average Bonchev–Trinajstić information content (AvgIpc) is 3.00. The van der Waals surface area contributed by atoms with Crippen molar-refractivity contribution in [3.05, 3.63) is 59.7 Å². The van der Waals surface area contributed by atoms with Gasteiger partial charge in [0.1, 0.15) is 33.9 Å². The number of benzene rings is 2. The highest BCUT2D eigenvalue weighted by atomic mass is 32.2. The second-order valence-electron chi connectivity index (χ2n) is 6.60. The van der Waals surface area contributed by atoms with E-state index in [4.69, 9.17) is 5.73 Å². The van der Waals surface area contributed by atoms with Crippen molar-refractivity contribution in [1.82, 2.24) is 9.78 Å². The summed E-state index contributed by atoms with van der Waals surface area (Å²) in [4.78, 5) is 12.2. The lowest BCUT2D eigenvalue weighted by Crippen LogP contribution is -2.21. The minimum absolute atomic E-state index is 0.0557. The van der Waals surface area contributed by atoms with Crippen LogP contribution in [-0.4, -0.2) is 29.9 Å². The minimum Gasteiger partial charge on any atom is -0.383 e. The van der Waals surface area contributed by atoms with Gasteiger partial charge in [-0.15, -0.1) is 11.8 Å². The van der Waals surface area contributed by atoms with E-state index in [0.717, 1.165) is 22.4 Å². The fraction of sp³-hybridized carbons (Fsp3) is 0.200. The molecular weight excluding hydrogens is 446 g/mol. The lowest BCUT2D eigenvalue weighted by atomic mass is 10.2. The molecule has 0 aliphatic carbocycles. The summed E-state index contributed by atoms with van der Waals surface area (Å²) in [7, 11) is -3.99. The Bertz CT molecular complexity index is 1230. The number of aryl methyl sites for hydroxylation is 1. The predicted octanol–water partition coefficient (Wildman–Crippen LogP) is 3.64. The Labute approximate surface area is 182 Å². The van der Waals surface area contributed by atoms with Crippen LogP contribution in [0.3, 0.4) is 0 Å². The van der Waals surface area contributed by atoms with Crippen LogP contribution < -0.4 is 11.1 Å². The predicted molar refractivity (Wildman–Crippen MR) is 115 cm³/mol. The molecule has 0 atom stereocenters. The maximum Gasteiger partial charge on any atom is 0.246 e. The summed E-state index contributed by atoms with van der Waals surface area (Å²) in [5, 5.41) is 6.65. The number of amides is 1. The molecule has 0 fully saturated rings. The Morgan fingerprint density at radius 3 is 2.48 bits per heavy atom. The Hall–Kier alpha value is -2.92. The van der Waals surface area contributed by atoms with E-state index >= 15 is 0 Å². The number of nitrogens with one attached hydrogen (secondary N) is 1. The van der Waals surface area contributed by atoms with E-state index in [9.17, 15) is 22.0 Å². The van der Waals surface area contributed by atoms with Gasteiger partial charge in [-0.3, -0.25) is 4.79 Å². The summed E-state index contributed by atoms with van der Waals surface area (Å²) in [6, 6.07) is 9.03. The smallest absolute Gasteiger partial charge is 0.246 e. The number of rotatable bonds is 7. The highest BCUT2D eigenvalue weighted by Gasteiger charge is 2.30. The number of hydrogen-bond donors (Lipinski definition) is 2. The Kier molecular flexibility index (Phi) is 6.65. The molecule has 3 rings (SSSR count). The van der Waals surface area contributed by atoms with Crippen LogP contribution in [0, 0.1) is 18.6 Å². The zero-order valence-corrected chi connectivity index (χ0v) is 18.4. The van der Waals surface area contributed by atoms with Crippen molar-refractivity contribution in [2.24, 2.45) is 0 Å². The molecule has 0 radical (unpaired) electrons. The molecule has 3 N–H and O–H groups in total. The van der Waals surface area contributed by atoms with Crippen LogP contribution in [0.4, 0.5) is 20.3 Å². The standard InChI is InChI=1S/C20H20F2N4O3S2/c1-3-30-20-18(31(28,29)14-7-4-12(2)5-8-14)19(23)26(25-20)11-17(27)24-16-9-6-13(21)10-15(16)22/h4-10H,3,11,23H2,1-2H3,(H,24,27). The van der Waals surface area contributed by atoms with Crippen LogP contribution in [0.5, 0.6) is 0 Å². The van der Waals surface area contributed by atoms with Gasteiger partial charge in [-0.2, -0.15) is 5.10 Å². The van der Waals surface area contributed by atoms with Crippen LogP contribution in [0.2, 0.25) is 0 Å². The number of carbonyl (C=O) groups is 1. The molecule has 31 heavy (non-hydrogen) atoms. The molecule has 0 unspecified atom stereocenters. The van der Waals surface area contributed by atoms with Gasteiger partial charge in [-0.05, 0) is 36.9 Å². The summed E-state index contributed by atoms with van der Waals surface area (Å²) >= 11 is 1.17. The van der Waals surface area contributed by atoms with Crippen LogP contribution >= 0.6 is 11.8 Å². The second kappa shape index (κ2) is 9.06. The molecule has 2 aromatic carbocycles. The number of carbonyl (C=O) groups excluding carboxylic acids is 1. The summed E-state index contributed by atoms with van der Waals surface area (Å²) < 4.78 is 54.3. The second-order valence-corrected chi connectivity index (χ2v) is 9.74. The molecule has 0 bridgehead atoms. The molecule has 1 aromatic heterocycles. The van der Waals surface area contributed by atoms with E-state index in [2.05, 4.69) is 10.4 Å². The fourth-order valence-corrected chi connectivity index (χ4v) is 5.34. The number of thioether (sulfide) groups is 1. The molecule has 3 aromatic rings. The van der Waals surface area contributed by atoms with Gasteiger partial charge < -0.3 is 11.1 Å². The van der Waals surface area contributed by atoms with E-state index in [-0.39, 0.29) is 26.3 Å². The van der Waals surface area contributed by atoms with Crippen molar-refractivity contribution >= 4 is 39.0 Å². The lowest BCUT2D eigenvalue weighted by Gasteiger charge is -2.08. The zero-order chi connectivity index (χ0) is 22.8. The van der Waals surface area contributed by atoms with Crippen LogP contribution in [-0.2, 0) is 21.2 Å². The lowest BCUT2D eigenvalue weighted by molar-refractivity contribution is -0.116. The minimum atomic E-state index is -3.99. The summed E-state index contributed by atoms with van der Waals surface area (Å²) in [5.41, 5.74) is 6.77. The topological polar surface area (TPSA) is 107 Å². The van der Waals surface area contributed by atoms with Gasteiger partial charge in [-0.25, -0.2) is 21.9 Å². The highest BCUT2D eigenvalue weighted by Crippen LogP contribution is 2.35. The Morgan fingerprint density at radius 2 is 1.87 bits per heavy atom. The van der Waals surface area contributed by atoms with E-state index in [1.165, 1.54) is 23.9 Å². The number of halogens is 2. The van der Waals surface area contributed by atoms with Gasteiger partial charge in [-0.1, -0.05) is 24.6 Å². The van der Waals surface area contributed by atoms with E-state index in [0.29, 0.717) is 11.8 Å². The average molecular weight is 467 g/mol. The van der Waals surface area contributed by atoms with Gasteiger partial charge in [0.15, 0.2) is 0 Å². The first kappa shape index (κ1) is 22.8. The fourth-order valence-electron chi connectivity index (χ4n) is 2.79. The first-order valence-corrected chi connectivity index (χ1v) is 11.7. The van der Waals surface area contributed by atoms with Gasteiger partial charge in [0.25, 0.3) is 0 Å². The number of hydrogen-bond acceptors (Lipinski definition) is 6. The van der Waals surface area contributed by atoms with Crippen LogP contribution in [0.15, 0.2) is 57.3 Å². The van der Waals surface area contributed by atoms with Crippen molar-refractivity contribution in [2.75, 3.05) is 16.8 Å². The third kappa shape index (κ3) is 4.88. The van der Waals surface area contributed by atoms with Crippen molar-refractivity contribution in [1.29, 1.82) is 0 Å². The number of nitrogens with zero attached hydrogens (tertiary/aromatic N) is 2. The molecule has 0 aliphatic heterocycles. The van der Waals surface area contributed by atoms with Crippen LogP contribution in [0.1, 0.15) is 12.5 Å². The molecule has 1 heterocycles. The Balaban J connectivity index is 1.94. The largest absolute Gasteiger partial charge is 0.383 e. The van der Waals surface area contributed by atoms with Gasteiger partial charge in [0, 0.05) is 6.07 Å². The van der Waals surface area contributed by atoms with E-state index < -0.39 is 33.9 Å². The third-order valence-corrected chi connectivity index (χ3v) is 7.11. The third-order valence-electron chi connectivity index (χ3n) is 4.30. The normalized spacial score (nSPS) is 11.5. The zero-order valence-electron chi connectivity index (χ0n) is 16.7. The van der Waals surface area contributed by atoms with Gasteiger partial charge in [0.2, 0.25) is 15.7 Å². The monoisotopic (exact) mass is 466 g/mol. The first-order valence-electron chi connectivity index (χ1n) is 9.19. The number of nitrogens with two attached hydrogens (primary N) is 1. The van der Waals surface area contributed by atoms with E-state index in [1.807, 2.05) is 13.8 Å². The van der Waals surface area contributed by atoms with Gasteiger partial charge >= 0.3 is 0 Å². The molecule has 164 valence electrons. The quantitative estimate of drug-likeness (QED) is 0.515. The number of aromatic nitrogens is 2. The number of anilines is 2. The molecule has 0 saturated carbocycles. The molecular formula is C20H20F2N4O3S2. The number of nitrogen functional groups attached to an aromatic ring is 1. The highest BCUT2D eigenvalue weighted by molar-refractivity contribution is 8.00. The molecule has 7 nitrogen and oxygen atoms in total. The van der Waals surface area contributed by atoms with Crippen LogP contribution in [0.25, 0.3) is 0 Å². The number of sulfone groups is 1. The molecule has 0 saturated heterocycles. The van der Waals surface area contributed by atoms with E-state index in [1.54, 1.807) is 12.1 Å². The van der Waals surface area contributed by atoms with Crippen molar-refractivity contribution < 1.29 is 22.0 Å². The maximum atomic E-state index is 13.8. The maximum absolute atomic E-state index is 13.8. The first-order chi connectivity index (χ1) is 14.6. The van der Waals surface area contributed by atoms with Crippen molar-refractivity contribution in [3.8, 4) is 0 Å². The van der Waals surface area contributed by atoms with Crippen molar-refractivity contribution in [2.45, 2.75) is 35.2 Å². The summed E-state index contributed by atoms with van der Waals surface area (Å²) in [5.74, 6) is -2.09. The van der Waals surface area contributed by atoms with Crippen molar-refractivity contribution in [3.63, 3.8) is 0 Å².